The number of nitriles is 1. The van der Waals surface area contributed by atoms with Crippen molar-refractivity contribution in [3.05, 3.63) is 53.6 Å². The molecule has 1 saturated carbocycles. The van der Waals surface area contributed by atoms with Crippen LogP contribution < -0.4 is 14.4 Å². The van der Waals surface area contributed by atoms with Crippen molar-refractivity contribution in [1.29, 1.82) is 5.26 Å². The number of benzene rings is 2. The van der Waals surface area contributed by atoms with Crippen LogP contribution in [0.1, 0.15) is 49.1 Å². The summed E-state index contributed by atoms with van der Waals surface area (Å²) in [6.45, 7) is 0.625. The summed E-state index contributed by atoms with van der Waals surface area (Å²) >= 11 is 0. The molecule has 0 aromatic heterocycles. The predicted molar refractivity (Wildman–Crippen MR) is 107 cm³/mol. The molecule has 5 nitrogen and oxygen atoms in total. The largest absolute Gasteiger partial charge is 0.493 e. The minimum absolute atomic E-state index is 0.101. The van der Waals surface area contributed by atoms with E-state index in [4.69, 9.17) is 14.7 Å². The summed E-state index contributed by atoms with van der Waals surface area (Å²) in [7, 11) is 1.66. The van der Waals surface area contributed by atoms with Crippen molar-refractivity contribution in [2.24, 2.45) is 0 Å². The molecule has 0 radical (unpaired) electrons. The number of anilines is 1. The Hall–Kier alpha value is -3.00. The second-order valence-electron chi connectivity index (χ2n) is 7.50. The fourth-order valence-electron chi connectivity index (χ4n) is 4.12. The summed E-state index contributed by atoms with van der Waals surface area (Å²) in [6, 6.07) is 15.3. The van der Waals surface area contributed by atoms with Gasteiger partial charge in [-0.05, 0) is 67.6 Å². The molecular formula is C23H24N2O3. The molecule has 1 amide bonds. The molecule has 2 aromatic rings. The SMILES string of the molecule is COc1ccc([C@@H]2CC(=O)N(c3ccc(C#N)cc3)C2)cc1OC1CCCC1. The maximum Gasteiger partial charge on any atom is 0.227 e. The van der Waals surface area contributed by atoms with Crippen molar-refractivity contribution in [2.75, 3.05) is 18.6 Å². The minimum atomic E-state index is 0.101. The highest BCUT2D eigenvalue weighted by atomic mass is 16.5. The Labute approximate surface area is 165 Å². The van der Waals surface area contributed by atoms with Crippen molar-refractivity contribution in [1.82, 2.24) is 0 Å². The van der Waals surface area contributed by atoms with Gasteiger partial charge in [0, 0.05) is 24.6 Å². The summed E-state index contributed by atoms with van der Waals surface area (Å²) in [5.41, 5.74) is 2.52. The van der Waals surface area contributed by atoms with Crippen LogP contribution in [0.5, 0.6) is 11.5 Å². The average Bonchev–Trinajstić information content (AvgIpc) is 3.37. The maximum absolute atomic E-state index is 12.6. The fraction of sp³-hybridized carbons (Fsp3) is 0.391. The van der Waals surface area contributed by atoms with Gasteiger partial charge >= 0.3 is 0 Å². The highest BCUT2D eigenvalue weighted by Crippen LogP contribution is 2.38. The highest BCUT2D eigenvalue weighted by molar-refractivity contribution is 5.96. The van der Waals surface area contributed by atoms with Crippen molar-refractivity contribution >= 4 is 11.6 Å². The molecule has 1 saturated heterocycles. The van der Waals surface area contributed by atoms with Crippen LogP contribution in [0.2, 0.25) is 0 Å². The molecule has 2 aliphatic rings. The van der Waals surface area contributed by atoms with Crippen LogP contribution in [-0.2, 0) is 4.79 Å². The molecule has 144 valence electrons. The molecule has 1 aliphatic carbocycles. The molecule has 1 atom stereocenters. The lowest BCUT2D eigenvalue weighted by molar-refractivity contribution is -0.117. The molecule has 4 rings (SSSR count). The highest BCUT2D eigenvalue weighted by Gasteiger charge is 2.32. The summed E-state index contributed by atoms with van der Waals surface area (Å²) in [6.07, 6.45) is 5.32. The third kappa shape index (κ3) is 3.68. The van der Waals surface area contributed by atoms with E-state index < -0.39 is 0 Å². The Bertz CT molecular complexity index is 895. The van der Waals surface area contributed by atoms with Gasteiger partial charge in [-0.1, -0.05) is 6.07 Å². The predicted octanol–water partition coefficient (Wildman–Crippen LogP) is 4.41. The zero-order chi connectivity index (χ0) is 19.5. The Morgan fingerprint density at radius 1 is 1.07 bits per heavy atom. The monoisotopic (exact) mass is 376 g/mol. The summed E-state index contributed by atoms with van der Waals surface area (Å²) in [5, 5.41) is 8.95. The van der Waals surface area contributed by atoms with E-state index in [9.17, 15) is 4.79 Å². The van der Waals surface area contributed by atoms with Crippen LogP contribution in [0, 0.1) is 11.3 Å². The van der Waals surface area contributed by atoms with Crippen LogP contribution >= 0.6 is 0 Å². The van der Waals surface area contributed by atoms with Crippen molar-refractivity contribution in [2.45, 2.75) is 44.1 Å². The van der Waals surface area contributed by atoms with Gasteiger partial charge in [-0.2, -0.15) is 5.26 Å². The van der Waals surface area contributed by atoms with Crippen molar-refractivity contribution < 1.29 is 14.3 Å². The van der Waals surface area contributed by atoms with E-state index in [1.807, 2.05) is 30.3 Å². The van der Waals surface area contributed by atoms with E-state index in [0.717, 1.165) is 35.6 Å². The molecule has 1 aliphatic heterocycles. The van der Waals surface area contributed by atoms with Gasteiger partial charge < -0.3 is 14.4 Å². The molecule has 1 heterocycles. The summed E-state index contributed by atoms with van der Waals surface area (Å²) in [5.74, 6) is 1.73. The molecule has 0 bridgehead atoms. The first-order chi connectivity index (χ1) is 13.7. The zero-order valence-electron chi connectivity index (χ0n) is 16.1. The van der Waals surface area contributed by atoms with Gasteiger partial charge in [0.1, 0.15) is 0 Å². The molecule has 0 unspecified atom stereocenters. The summed E-state index contributed by atoms with van der Waals surface area (Å²) in [4.78, 5) is 14.4. The van der Waals surface area contributed by atoms with Gasteiger partial charge in [-0.25, -0.2) is 0 Å². The average molecular weight is 376 g/mol. The van der Waals surface area contributed by atoms with Gasteiger partial charge in [0.05, 0.1) is 24.8 Å². The number of carbonyl (C=O) groups excluding carboxylic acids is 1. The van der Waals surface area contributed by atoms with Crippen LogP contribution in [-0.4, -0.2) is 25.7 Å². The Kier molecular flexibility index (Phi) is 5.21. The Morgan fingerprint density at radius 3 is 2.50 bits per heavy atom. The van der Waals surface area contributed by atoms with E-state index in [2.05, 4.69) is 6.07 Å². The quantitative estimate of drug-likeness (QED) is 0.775. The molecule has 0 N–H and O–H groups in total. The lowest BCUT2D eigenvalue weighted by Gasteiger charge is -2.19. The number of rotatable bonds is 5. The van der Waals surface area contributed by atoms with Crippen LogP contribution in [0.4, 0.5) is 5.69 Å². The standard InChI is InChI=1S/C23H24N2O3/c1-27-21-11-8-17(12-22(21)28-20-4-2-3-5-20)18-13-23(26)25(15-18)19-9-6-16(14-24)7-10-19/h6-12,18,20H,2-5,13,15H2,1H3/t18-/m1/s1. The Balaban J connectivity index is 1.53. The first-order valence-electron chi connectivity index (χ1n) is 9.83. The first kappa shape index (κ1) is 18.4. The van der Waals surface area contributed by atoms with E-state index in [1.165, 1.54) is 12.8 Å². The molecule has 5 heteroatoms. The van der Waals surface area contributed by atoms with E-state index in [-0.39, 0.29) is 17.9 Å². The number of methoxy groups -OCH3 is 1. The van der Waals surface area contributed by atoms with Crippen LogP contribution in [0.25, 0.3) is 0 Å². The van der Waals surface area contributed by atoms with Gasteiger partial charge in [0.15, 0.2) is 11.5 Å². The van der Waals surface area contributed by atoms with E-state index in [0.29, 0.717) is 18.5 Å². The molecule has 0 spiro atoms. The number of hydrogen-bond donors (Lipinski definition) is 0. The second kappa shape index (κ2) is 7.93. The molecular weight excluding hydrogens is 352 g/mol. The van der Waals surface area contributed by atoms with E-state index in [1.54, 1.807) is 24.1 Å². The second-order valence-corrected chi connectivity index (χ2v) is 7.50. The number of nitrogens with zero attached hydrogens (tertiary/aromatic N) is 2. The van der Waals surface area contributed by atoms with Gasteiger partial charge in [0.2, 0.25) is 5.91 Å². The fourth-order valence-corrected chi connectivity index (χ4v) is 4.12. The molecule has 28 heavy (non-hydrogen) atoms. The van der Waals surface area contributed by atoms with Gasteiger partial charge in [-0.3, -0.25) is 4.79 Å². The van der Waals surface area contributed by atoms with Gasteiger partial charge in [-0.15, -0.1) is 0 Å². The number of hydrogen-bond acceptors (Lipinski definition) is 4. The number of amides is 1. The first-order valence-corrected chi connectivity index (χ1v) is 9.83. The molecule has 2 fully saturated rings. The van der Waals surface area contributed by atoms with Crippen molar-refractivity contribution in [3.63, 3.8) is 0 Å². The lowest BCUT2D eigenvalue weighted by atomic mass is 9.98. The topological polar surface area (TPSA) is 62.6 Å². The minimum Gasteiger partial charge on any atom is -0.493 e. The third-order valence-corrected chi connectivity index (χ3v) is 5.69. The Morgan fingerprint density at radius 2 is 1.82 bits per heavy atom. The normalized spacial score (nSPS) is 19.6. The number of carbonyl (C=O) groups is 1. The zero-order valence-corrected chi connectivity index (χ0v) is 16.1. The number of ether oxygens (including phenoxy) is 2. The maximum atomic E-state index is 12.6. The lowest BCUT2D eigenvalue weighted by Crippen LogP contribution is -2.24. The smallest absolute Gasteiger partial charge is 0.227 e. The van der Waals surface area contributed by atoms with Gasteiger partial charge in [0.25, 0.3) is 0 Å². The molecule has 2 aromatic carbocycles. The van der Waals surface area contributed by atoms with Crippen LogP contribution in [0.3, 0.4) is 0 Å². The summed E-state index contributed by atoms with van der Waals surface area (Å²) < 4.78 is 11.7. The van der Waals surface area contributed by atoms with Crippen molar-refractivity contribution in [3.8, 4) is 17.6 Å². The van der Waals surface area contributed by atoms with E-state index >= 15 is 0 Å². The third-order valence-electron chi connectivity index (χ3n) is 5.69. The van der Waals surface area contributed by atoms with Crippen LogP contribution in [0.15, 0.2) is 42.5 Å².